The Bertz CT molecular complexity index is 1160. The van der Waals surface area contributed by atoms with Gasteiger partial charge < -0.3 is 29.0 Å². The van der Waals surface area contributed by atoms with Gasteiger partial charge in [0.25, 0.3) is 5.91 Å². The van der Waals surface area contributed by atoms with Crippen LogP contribution in [0.1, 0.15) is 51.7 Å². The second-order valence-corrected chi connectivity index (χ2v) is 10.6. The Hall–Kier alpha value is -2.73. The first-order valence-electron chi connectivity index (χ1n) is 12.8. The molecule has 1 N–H and O–H groups in total. The minimum absolute atomic E-state index is 0.0549. The second-order valence-electron chi connectivity index (χ2n) is 10.6. The van der Waals surface area contributed by atoms with Crippen LogP contribution in [0.25, 0.3) is 0 Å². The summed E-state index contributed by atoms with van der Waals surface area (Å²) in [6.45, 7) is 6.88. The number of fused-ring (bicyclic) bond motifs is 1. The number of carbonyl (C=O) groups is 1. The van der Waals surface area contributed by atoms with Crippen LogP contribution in [0, 0.1) is 5.82 Å². The molecule has 0 bridgehead atoms. The van der Waals surface area contributed by atoms with E-state index in [0.717, 1.165) is 0 Å². The van der Waals surface area contributed by atoms with Crippen molar-refractivity contribution in [2.45, 2.75) is 95.9 Å². The van der Waals surface area contributed by atoms with E-state index < -0.39 is 47.8 Å². The van der Waals surface area contributed by atoms with Crippen molar-refractivity contribution in [3.63, 3.8) is 0 Å². The topological polar surface area (TPSA) is 75.3 Å². The molecule has 1 saturated heterocycles. The Labute approximate surface area is 224 Å². The molecule has 214 valence electrons. The minimum Gasteiger partial charge on any atom is -0.406 e. The highest BCUT2D eigenvalue weighted by molar-refractivity contribution is 5.85. The monoisotopic (exact) mass is 555 g/mol. The molecular weight excluding hydrogens is 522 g/mol. The summed E-state index contributed by atoms with van der Waals surface area (Å²) >= 11 is 0. The lowest BCUT2D eigenvalue weighted by atomic mass is 9.78. The van der Waals surface area contributed by atoms with Gasteiger partial charge in [0.1, 0.15) is 17.7 Å². The fourth-order valence-electron chi connectivity index (χ4n) is 4.97. The van der Waals surface area contributed by atoms with E-state index in [0.29, 0.717) is 11.1 Å². The van der Waals surface area contributed by atoms with Crippen molar-refractivity contribution < 1.29 is 46.0 Å². The third-order valence-electron chi connectivity index (χ3n) is 6.54. The smallest absolute Gasteiger partial charge is 0.406 e. The fraction of sp³-hybridized carbons (Fsp3) is 0.536. The normalized spacial score (nSPS) is 26.3. The average molecular weight is 556 g/mol. The van der Waals surface area contributed by atoms with Gasteiger partial charge in [0.2, 0.25) is 0 Å². The molecule has 2 fully saturated rings. The quantitative estimate of drug-likeness (QED) is 0.418. The maximum atomic E-state index is 14.4. The van der Waals surface area contributed by atoms with E-state index in [1.54, 1.807) is 38.1 Å². The number of carbonyl (C=O) groups excluding carboxylic acids is 1. The zero-order valence-corrected chi connectivity index (χ0v) is 22.2. The molecule has 1 heterocycles. The van der Waals surface area contributed by atoms with E-state index in [1.807, 2.05) is 13.8 Å². The van der Waals surface area contributed by atoms with E-state index >= 15 is 0 Å². The third kappa shape index (κ3) is 7.47. The Morgan fingerprint density at radius 3 is 2.51 bits per heavy atom. The SMILES string of the molecule is CC(C)NC(=O)[C@@]1(OCc2ccccc2F)C[C@H](OCc2cccc(OC(F)(F)F)c2)[C@@H]2OC(C)(C)O[C@@H]2C1. The Morgan fingerprint density at radius 2 is 1.82 bits per heavy atom. The summed E-state index contributed by atoms with van der Waals surface area (Å²) in [6.07, 6.45) is -6.50. The van der Waals surface area contributed by atoms with E-state index in [-0.39, 0.29) is 37.8 Å². The van der Waals surface area contributed by atoms with Crippen molar-refractivity contribution in [2.75, 3.05) is 0 Å². The summed E-state index contributed by atoms with van der Waals surface area (Å²) in [7, 11) is 0. The summed E-state index contributed by atoms with van der Waals surface area (Å²) < 4.78 is 81.1. The highest BCUT2D eigenvalue weighted by Gasteiger charge is 2.58. The predicted molar refractivity (Wildman–Crippen MR) is 132 cm³/mol. The number of alkyl halides is 3. The van der Waals surface area contributed by atoms with Gasteiger partial charge in [0, 0.05) is 24.4 Å². The highest BCUT2D eigenvalue weighted by Crippen LogP contribution is 2.44. The molecule has 39 heavy (non-hydrogen) atoms. The van der Waals surface area contributed by atoms with E-state index in [9.17, 15) is 22.4 Å². The van der Waals surface area contributed by atoms with Gasteiger partial charge in [-0.05, 0) is 51.5 Å². The van der Waals surface area contributed by atoms with Crippen molar-refractivity contribution in [3.8, 4) is 5.75 Å². The largest absolute Gasteiger partial charge is 0.573 e. The van der Waals surface area contributed by atoms with Crippen LogP contribution in [-0.2, 0) is 37.0 Å². The standard InChI is InChI=1S/C28H33F4NO6/c1-17(2)33-25(34)27(36-16-19-9-5-6-11-21(19)29)13-22(24-23(14-27)38-26(3,4)39-24)35-15-18-8-7-10-20(12-18)37-28(30,31)32/h5-12,17,22-24H,13-16H2,1-4H3,(H,33,34)/t22-,23+,24-,27+/m0/s1. The van der Waals surface area contributed by atoms with Crippen molar-refractivity contribution in [2.24, 2.45) is 0 Å². The van der Waals surface area contributed by atoms with Crippen LogP contribution in [-0.4, -0.2) is 48.0 Å². The van der Waals surface area contributed by atoms with Crippen molar-refractivity contribution in [3.05, 3.63) is 65.5 Å². The Balaban J connectivity index is 1.59. The minimum atomic E-state index is -4.82. The van der Waals surface area contributed by atoms with Gasteiger partial charge >= 0.3 is 6.36 Å². The van der Waals surface area contributed by atoms with Crippen molar-refractivity contribution >= 4 is 5.91 Å². The maximum absolute atomic E-state index is 14.4. The van der Waals surface area contributed by atoms with Crippen LogP contribution in [0.5, 0.6) is 5.75 Å². The number of nitrogens with one attached hydrogen (secondary N) is 1. The summed E-state index contributed by atoms with van der Waals surface area (Å²) in [5, 5.41) is 2.90. The molecule has 7 nitrogen and oxygen atoms in total. The zero-order chi connectivity index (χ0) is 28.4. The average Bonchev–Trinajstić information content (AvgIpc) is 3.14. The molecule has 1 aliphatic carbocycles. The first-order chi connectivity index (χ1) is 18.3. The molecule has 4 rings (SSSR count). The summed E-state index contributed by atoms with van der Waals surface area (Å²) in [5.41, 5.74) is -0.718. The molecule has 0 aromatic heterocycles. The zero-order valence-electron chi connectivity index (χ0n) is 22.2. The van der Waals surface area contributed by atoms with Crippen LogP contribution in [0.3, 0.4) is 0 Å². The molecule has 11 heteroatoms. The van der Waals surface area contributed by atoms with Crippen molar-refractivity contribution in [1.29, 1.82) is 0 Å². The molecule has 2 aromatic carbocycles. The molecule has 1 amide bonds. The molecule has 1 saturated carbocycles. The molecule has 2 aliphatic rings. The predicted octanol–water partition coefficient (Wildman–Crippen LogP) is 5.40. The van der Waals surface area contributed by atoms with Crippen LogP contribution >= 0.6 is 0 Å². The van der Waals surface area contributed by atoms with Crippen LogP contribution < -0.4 is 10.1 Å². The van der Waals surface area contributed by atoms with Gasteiger partial charge in [0.05, 0.1) is 25.4 Å². The third-order valence-corrected chi connectivity index (χ3v) is 6.54. The van der Waals surface area contributed by atoms with E-state index in [2.05, 4.69) is 10.1 Å². The highest BCUT2D eigenvalue weighted by atomic mass is 19.4. The van der Waals surface area contributed by atoms with Crippen LogP contribution in [0.2, 0.25) is 0 Å². The van der Waals surface area contributed by atoms with Gasteiger partial charge in [0.15, 0.2) is 11.4 Å². The maximum Gasteiger partial charge on any atom is 0.573 e. The van der Waals surface area contributed by atoms with Gasteiger partial charge in [-0.1, -0.05) is 30.3 Å². The first kappa shape index (κ1) is 29.3. The Kier molecular flexibility index (Phi) is 8.55. The fourth-order valence-corrected chi connectivity index (χ4v) is 4.97. The number of rotatable bonds is 9. The lowest BCUT2D eigenvalue weighted by Crippen LogP contribution is -2.60. The summed E-state index contributed by atoms with van der Waals surface area (Å²) in [5.74, 6) is -2.19. The summed E-state index contributed by atoms with van der Waals surface area (Å²) in [4.78, 5) is 13.6. The lowest BCUT2D eigenvalue weighted by Gasteiger charge is -2.43. The molecule has 0 unspecified atom stereocenters. The van der Waals surface area contributed by atoms with Crippen LogP contribution in [0.4, 0.5) is 17.6 Å². The number of benzene rings is 2. The lowest BCUT2D eigenvalue weighted by molar-refractivity contribution is -0.274. The van der Waals surface area contributed by atoms with Gasteiger partial charge in [-0.2, -0.15) is 0 Å². The number of hydrogen-bond acceptors (Lipinski definition) is 6. The van der Waals surface area contributed by atoms with Gasteiger partial charge in [-0.15, -0.1) is 13.2 Å². The number of halogens is 4. The molecular formula is C28H33F4NO6. The van der Waals surface area contributed by atoms with E-state index in [1.165, 1.54) is 24.3 Å². The number of amides is 1. The molecule has 1 aliphatic heterocycles. The first-order valence-corrected chi connectivity index (χ1v) is 12.8. The summed E-state index contributed by atoms with van der Waals surface area (Å²) in [6, 6.07) is 11.4. The Morgan fingerprint density at radius 1 is 1.08 bits per heavy atom. The molecule has 0 radical (unpaired) electrons. The second kappa shape index (κ2) is 11.4. The van der Waals surface area contributed by atoms with Gasteiger partial charge in [-0.25, -0.2) is 4.39 Å². The number of hydrogen-bond donors (Lipinski definition) is 1. The van der Waals surface area contributed by atoms with Gasteiger partial charge in [-0.3, -0.25) is 4.79 Å². The molecule has 0 spiro atoms. The molecule has 4 atom stereocenters. The van der Waals surface area contributed by atoms with Crippen molar-refractivity contribution in [1.82, 2.24) is 5.32 Å². The molecule has 2 aromatic rings. The number of ether oxygens (including phenoxy) is 5. The van der Waals surface area contributed by atoms with E-state index in [4.69, 9.17) is 18.9 Å². The van der Waals surface area contributed by atoms with Crippen LogP contribution in [0.15, 0.2) is 48.5 Å².